The van der Waals surface area contributed by atoms with Gasteiger partial charge in [-0.3, -0.25) is 4.79 Å². The van der Waals surface area contributed by atoms with Crippen LogP contribution in [0.15, 0.2) is 65.1 Å². The van der Waals surface area contributed by atoms with Crippen molar-refractivity contribution in [3.8, 4) is 0 Å². The highest BCUT2D eigenvalue weighted by atomic mass is 35.5. The fraction of sp³-hybridized carbons (Fsp3) is 0.105. The van der Waals surface area contributed by atoms with Crippen molar-refractivity contribution in [3.05, 3.63) is 77.0 Å². The molecule has 116 valence electrons. The topological polar surface area (TPSA) is 42.2 Å². The number of fused-ring (bicyclic) bond motifs is 1. The maximum absolute atomic E-state index is 12.0. The number of para-hydroxylation sites is 1. The summed E-state index contributed by atoms with van der Waals surface area (Å²) in [5.41, 5.74) is 1.77. The number of hydrogen-bond acceptors (Lipinski definition) is 2. The third kappa shape index (κ3) is 3.82. The van der Waals surface area contributed by atoms with Crippen molar-refractivity contribution in [1.29, 1.82) is 0 Å². The van der Waals surface area contributed by atoms with Crippen LogP contribution in [-0.4, -0.2) is 5.91 Å². The Morgan fingerprint density at radius 1 is 1.17 bits per heavy atom. The molecule has 1 amide bonds. The predicted molar refractivity (Wildman–Crippen MR) is 93.3 cm³/mol. The van der Waals surface area contributed by atoms with Crippen LogP contribution in [0, 0.1) is 0 Å². The molecule has 1 aromatic heterocycles. The van der Waals surface area contributed by atoms with Gasteiger partial charge in [0.05, 0.1) is 6.04 Å². The number of nitrogens with one attached hydrogen (secondary N) is 1. The first-order valence-electron chi connectivity index (χ1n) is 7.34. The molecule has 2 aromatic carbocycles. The molecule has 0 radical (unpaired) electrons. The predicted octanol–water partition coefficient (Wildman–Crippen LogP) is 4.98. The Hall–Kier alpha value is -2.52. The lowest BCUT2D eigenvalue weighted by atomic mass is 10.1. The summed E-state index contributed by atoms with van der Waals surface area (Å²) in [6, 6.07) is 17.0. The highest BCUT2D eigenvalue weighted by Crippen LogP contribution is 2.20. The first-order chi connectivity index (χ1) is 11.1. The van der Waals surface area contributed by atoms with Gasteiger partial charge in [0, 0.05) is 16.5 Å². The summed E-state index contributed by atoms with van der Waals surface area (Å²) in [6.07, 6.45) is 3.14. The van der Waals surface area contributed by atoms with Gasteiger partial charge in [0.2, 0.25) is 5.91 Å². The number of furan rings is 1. The molecule has 0 aliphatic carbocycles. The quantitative estimate of drug-likeness (QED) is 0.688. The smallest absolute Gasteiger partial charge is 0.244 e. The van der Waals surface area contributed by atoms with Gasteiger partial charge >= 0.3 is 0 Å². The second-order valence-corrected chi connectivity index (χ2v) is 5.74. The molecule has 3 rings (SSSR count). The minimum Gasteiger partial charge on any atom is -0.457 e. The van der Waals surface area contributed by atoms with E-state index in [1.165, 1.54) is 6.08 Å². The van der Waals surface area contributed by atoms with Crippen molar-refractivity contribution in [3.63, 3.8) is 0 Å². The molecule has 0 saturated heterocycles. The van der Waals surface area contributed by atoms with Crippen LogP contribution < -0.4 is 5.32 Å². The summed E-state index contributed by atoms with van der Waals surface area (Å²) >= 11 is 5.97. The molecule has 3 aromatic rings. The monoisotopic (exact) mass is 325 g/mol. The number of benzene rings is 2. The fourth-order valence-corrected chi connectivity index (χ4v) is 2.56. The summed E-state index contributed by atoms with van der Waals surface area (Å²) < 4.78 is 5.64. The first-order valence-corrected chi connectivity index (χ1v) is 7.72. The second-order valence-electron chi connectivity index (χ2n) is 5.31. The van der Waals surface area contributed by atoms with E-state index in [-0.39, 0.29) is 11.9 Å². The van der Waals surface area contributed by atoms with Crippen molar-refractivity contribution in [1.82, 2.24) is 5.32 Å². The molecule has 0 bridgehead atoms. The molecule has 0 spiro atoms. The first kappa shape index (κ1) is 15.4. The number of hydrogen-bond donors (Lipinski definition) is 1. The van der Waals surface area contributed by atoms with Crippen LogP contribution in [0.25, 0.3) is 17.0 Å². The average molecular weight is 326 g/mol. The zero-order valence-electron chi connectivity index (χ0n) is 12.6. The molecule has 0 aliphatic rings. The second kappa shape index (κ2) is 6.71. The zero-order chi connectivity index (χ0) is 16.2. The fourth-order valence-electron chi connectivity index (χ4n) is 2.36. The molecule has 1 heterocycles. The Kier molecular flexibility index (Phi) is 4.49. The van der Waals surface area contributed by atoms with E-state index in [1.54, 1.807) is 12.1 Å². The molecular formula is C19H16ClNO2. The van der Waals surface area contributed by atoms with Crippen LogP contribution in [0.2, 0.25) is 5.02 Å². The largest absolute Gasteiger partial charge is 0.457 e. The number of carbonyl (C=O) groups excluding carboxylic acids is 1. The Bertz CT molecular complexity index is 833. The number of carbonyl (C=O) groups is 1. The van der Waals surface area contributed by atoms with Gasteiger partial charge in [-0.2, -0.15) is 0 Å². The molecule has 1 unspecified atom stereocenters. The Balaban J connectivity index is 1.66. The van der Waals surface area contributed by atoms with E-state index >= 15 is 0 Å². The van der Waals surface area contributed by atoms with Crippen LogP contribution >= 0.6 is 11.6 Å². The van der Waals surface area contributed by atoms with Gasteiger partial charge in [-0.25, -0.2) is 0 Å². The lowest BCUT2D eigenvalue weighted by Crippen LogP contribution is -2.24. The van der Waals surface area contributed by atoms with Gasteiger partial charge in [-0.05, 0) is 42.8 Å². The van der Waals surface area contributed by atoms with E-state index in [9.17, 15) is 4.79 Å². The minimum atomic E-state index is -0.182. The molecule has 0 aliphatic heterocycles. The number of halogens is 1. The summed E-state index contributed by atoms with van der Waals surface area (Å²) in [6.45, 7) is 1.92. The summed E-state index contributed by atoms with van der Waals surface area (Å²) in [5, 5.41) is 4.57. The van der Waals surface area contributed by atoms with Gasteiger partial charge in [0.1, 0.15) is 11.3 Å². The molecule has 0 fully saturated rings. The zero-order valence-corrected chi connectivity index (χ0v) is 13.4. The molecule has 3 nitrogen and oxygen atoms in total. The third-order valence-electron chi connectivity index (χ3n) is 3.55. The van der Waals surface area contributed by atoms with Gasteiger partial charge in [-0.1, -0.05) is 41.9 Å². The lowest BCUT2D eigenvalue weighted by Gasteiger charge is -2.13. The lowest BCUT2D eigenvalue weighted by molar-refractivity contribution is -0.117. The van der Waals surface area contributed by atoms with E-state index in [2.05, 4.69) is 5.32 Å². The normalized spacial score (nSPS) is 12.6. The van der Waals surface area contributed by atoms with E-state index < -0.39 is 0 Å². The van der Waals surface area contributed by atoms with E-state index in [1.807, 2.05) is 55.5 Å². The van der Waals surface area contributed by atoms with Crippen LogP contribution in [0.5, 0.6) is 0 Å². The Labute approximate surface area is 139 Å². The van der Waals surface area contributed by atoms with Crippen LogP contribution in [0.3, 0.4) is 0 Å². The third-order valence-corrected chi connectivity index (χ3v) is 3.79. The van der Waals surface area contributed by atoms with Crippen LogP contribution in [-0.2, 0) is 4.79 Å². The van der Waals surface area contributed by atoms with Gasteiger partial charge in [-0.15, -0.1) is 0 Å². The molecule has 23 heavy (non-hydrogen) atoms. The minimum absolute atomic E-state index is 0.124. The van der Waals surface area contributed by atoms with Gasteiger partial charge < -0.3 is 9.73 Å². The van der Waals surface area contributed by atoms with Crippen molar-refractivity contribution in [2.45, 2.75) is 13.0 Å². The number of rotatable bonds is 4. The van der Waals surface area contributed by atoms with Gasteiger partial charge in [0.15, 0.2) is 0 Å². The maximum atomic E-state index is 12.0. The van der Waals surface area contributed by atoms with Crippen molar-refractivity contribution in [2.75, 3.05) is 0 Å². The summed E-state index contributed by atoms with van der Waals surface area (Å²) in [7, 11) is 0. The van der Waals surface area contributed by atoms with Crippen molar-refractivity contribution < 1.29 is 9.21 Å². The average Bonchev–Trinajstić information content (AvgIpc) is 2.96. The van der Waals surface area contributed by atoms with Crippen molar-refractivity contribution in [2.24, 2.45) is 0 Å². The molecule has 1 N–H and O–H groups in total. The van der Waals surface area contributed by atoms with Crippen LogP contribution in [0.1, 0.15) is 24.3 Å². The van der Waals surface area contributed by atoms with Gasteiger partial charge in [0.25, 0.3) is 0 Å². The van der Waals surface area contributed by atoms with E-state index in [4.69, 9.17) is 16.0 Å². The maximum Gasteiger partial charge on any atom is 0.244 e. The standard InChI is InChI=1S/C19H16ClNO2/c1-13(14-6-4-7-16(20)11-14)21-19(22)10-9-17-12-15-5-2-3-8-18(15)23-17/h2-13H,1H3,(H,21,22)/b10-9+. The summed E-state index contributed by atoms with van der Waals surface area (Å²) in [4.78, 5) is 12.0. The highest BCUT2D eigenvalue weighted by molar-refractivity contribution is 6.30. The Morgan fingerprint density at radius 2 is 2.00 bits per heavy atom. The molecule has 4 heteroatoms. The number of amides is 1. The van der Waals surface area contributed by atoms with Crippen LogP contribution in [0.4, 0.5) is 0 Å². The van der Waals surface area contributed by atoms with Crippen molar-refractivity contribution >= 4 is 34.6 Å². The molecule has 1 atom stereocenters. The molecular weight excluding hydrogens is 310 g/mol. The molecule has 0 saturated carbocycles. The highest BCUT2D eigenvalue weighted by Gasteiger charge is 2.08. The van der Waals surface area contributed by atoms with E-state index in [0.29, 0.717) is 10.8 Å². The SMILES string of the molecule is CC(NC(=O)/C=C/c1cc2ccccc2o1)c1cccc(Cl)c1. The Morgan fingerprint density at radius 3 is 2.78 bits per heavy atom. The summed E-state index contributed by atoms with van der Waals surface area (Å²) in [5.74, 6) is 0.467. The van der Waals surface area contributed by atoms with E-state index in [0.717, 1.165) is 16.5 Å².